The van der Waals surface area contributed by atoms with E-state index in [2.05, 4.69) is 16.8 Å². The molecule has 104 valence electrons. The average molecular weight is 275 g/mol. The van der Waals surface area contributed by atoms with Crippen molar-refractivity contribution >= 4 is 10.0 Å². The standard InChI is InChI=1S/C11H21N3O3S/c1-4-5-6-10(7-12)14-18(15,16)11-8(2)13-17-9(11)3/h10,14H,4-7,12H2,1-3H3. The summed E-state index contributed by atoms with van der Waals surface area (Å²) >= 11 is 0. The van der Waals surface area contributed by atoms with Crippen molar-refractivity contribution in [2.75, 3.05) is 6.54 Å². The van der Waals surface area contributed by atoms with Crippen LogP contribution in [0.1, 0.15) is 37.6 Å². The number of nitrogens with two attached hydrogens (primary N) is 1. The second kappa shape index (κ2) is 6.31. The molecule has 0 saturated carbocycles. The highest BCUT2D eigenvalue weighted by Crippen LogP contribution is 2.19. The Balaban J connectivity index is 2.87. The number of nitrogens with zero attached hydrogens (tertiary/aromatic N) is 1. The van der Waals surface area contributed by atoms with E-state index in [-0.39, 0.29) is 17.5 Å². The molecule has 0 saturated heterocycles. The molecule has 18 heavy (non-hydrogen) atoms. The number of aromatic nitrogens is 1. The molecule has 1 unspecified atom stereocenters. The van der Waals surface area contributed by atoms with Crippen molar-refractivity contribution in [2.45, 2.75) is 51.0 Å². The lowest BCUT2D eigenvalue weighted by Crippen LogP contribution is -2.40. The van der Waals surface area contributed by atoms with Crippen molar-refractivity contribution < 1.29 is 12.9 Å². The van der Waals surface area contributed by atoms with Gasteiger partial charge in [0, 0.05) is 12.6 Å². The molecule has 1 atom stereocenters. The molecule has 0 radical (unpaired) electrons. The fourth-order valence-electron chi connectivity index (χ4n) is 1.81. The molecular weight excluding hydrogens is 254 g/mol. The minimum atomic E-state index is -3.61. The summed E-state index contributed by atoms with van der Waals surface area (Å²) in [7, 11) is -3.61. The van der Waals surface area contributed by atoms with Crippen molar-refractivity contribution in [2.24, 2.45) is 5.73 Å². The third-order valence-electron chi connectivity index (χ3n) is 2.75. The smallest absolute Gasteiger partial charge is 0.246 e. The maximum absolute atomic E-state index is 12.2. The van der Waals surface area contributed by atoms with Gasteiger partial charge in [0.25, 0.3) is 0 Å². The molecule has 0 aliphatic carbocycles. The molecule has 0 aliphatic heterocycles. The van der Waals surface area contributed by atoms with Crippen molar-refractivity contribution in [1.29, 1.82) is 0 Å². The summed E-state index contributed by atoms with van der Waals surface area (Å²) in [5, 5.41) is 3.65. The van der Waals surface area contributed by atoms with Gasteiger partial charge < -0.3 is 10.3 Å². The van der Waals surface area contributed by atoms with Gasteiger partial charge in [0.2, 0.25) is 10.0 Å². The molecule has 6 nitrogen and oxygen atoms in total. The summed E-state index contributed by atoms with van der Waals surface area (Å²) in [5.74, 6) is 0.297. The summed E-state index contributed by atoms with van der Waals surface area (Å²) in [4.78, 5) is 0.123. The Morgan fingerprint density at radius 2 is 2.11 bits per heavy atom. The van der Waals surface area contributed by atoms with Gasteiger partial charge in [0.1, 0.15) is 10.6 Å². The van der Waals surface area contributed by atoms with Crippen LogP contribution in [0.3, 0.4) is 0 Å². The first-order chi connectivity index (χ1) is 8.42. The topological polar surface area (TPSA) is 98.2 Å². The molecule has 0 bridgehead atoms. The van der Waals surface area contributed by atoms with Crippen LogP contribution in [0.15, 0.2) is 9.42 Å². The number of rotatable bonds is 7. The van der Waals surface area contributed by atoms with Crippen molar-refractivity contribution in [1.82, 2.24) is 9.88 Å². The van der Waals surface area contributed by atoms with Gasteiger partial charge in [0.05, 0.1) is 0 Å². The van der Waals surface area contributed by atoms with E-state index in [4.69, 9.17) is 10.3 Å². The third-order valence-corrected chi connectivity index (χ3v) is 4.51. The minimum absolute atomic E-state index is 0.123. The van der Waals surface area contributed by atoms with E-state index >= 15 is 0 Å². The number of sulfonamides is 1. The molecular formula is C11H21N3O3S. The maximum atomic E-state index is 12.2. The largest absolute Gasteiger partial charge is 0.360 e. The SMILES string of the molecule is CCCCC(CN)NS(=O)(=O)c1c(C)noc1C. The molecule has 0 fully saturated rings. The predicted octanol–water partition coefficient (Wildman–Crippen LogP) is 1.09. The zero-order chi connectivity index (χ0) is 13.8. The van der Waals surface area contributed by atoms with Crippen LogP contribution in [0.2, 0.25) is 0 Å². The summed E-state index contributed by atoms with van der Waals surface area (Å²) in [6.45, 7) is 5.52. The van der Waals surface area contributed by atoms with Crippen LogP contribution in [0.25, 0.3) is 0 Å². The minimum Gasteiger partial charge on any atom is -0.360 e. The number of hydrogen-bond acceptors (Lipinski definition) is 5. The lowest BCUT2D eigenvalue weighted by Gasteiger charge is -2.16. The number of nitrogens with one attached hydrogen (secondary N) is 1. The number of unbranched alkanes of at least 4 members (excludes halogenated alkanes) is 1. The van der Waals surface area contributed by atoms with E-state index in [0.717, 1.165) is 19.3 Å². The highest BCUT2D eigenvalue weighted by atomic mass is 32.2. The van der Waals surface area contributed by atoms with E-state index in [1.165, 1.54) is 0 Å². The van der Waals surface area contributed by atoms with Crippen LogP contribution in [-0.4, -0.2) is 26.2 Å². The van der Waals surface area contributed by atoms with Crippen LogP contribution < -0.4 is 10.5 Å². The molecule has 1 aromatic rings. The molecule has 7 heteroatoms. The first-order valence-electron chi connectivity index (χ1n) is 6.07. The monoisotopic (exact) mass is 275 g/mol. The van der Waals surface area contributed by atoms with Crippen LogP contribution in [0.5, 0.6) is 0 Å². The summed E-state index contributed by atoms with van der Waals surface area (Å²) < 4.78 is 31.9. The predicted molar refractivity (Wildman–Crippen MR) is 68.7 cm³/mol. The lowest BCUT2D eigenvalue weighted by molar-refractivity contribution is 0.390. The fourth-order valence-corrected chi connectivity index (χ4v) is 3.42. The van der Waals surface area contributed by atoms with Crippen molar-refractivity contribution in [3.63, 3.8) is 0 Å². The molecule has 1 heterocycles. The Morgan fingerprint density at radius 3 is 2.56 bits per heavy atom. The summed E-state index contributed by atoms with van der Waals surface area (Å²) in [5.41, 5.74) is 5.95. The zero-order valence-electron chi connectivity index (χ0n) is 11.1. The Kier molecular flexibility index (Phi) is 5.30. The van der Waals surface area contributed by atoms with Gasteiger partial charge in [-0.05, 0) is 20.3 Å². The highest BCUT2D eigenvalue weighted by Gasteiger charge is 2.26. The van der Waals surface area contributed by atoms with Gasteiger partial charge in [-0.15, -0.1) is 0 Å². The maximum Gasteiger partial charge on any atom is 0.246 e. The Hall–Kier alpha value is -0.920. The van der Waals surface area contributed by atoms with E-state index in [1.807, 2.05) is 0 Å². The van der Waals surface area contributed by atoms with Crippen LogP contribution in [0, 0.1) is 13.8 Å². The van der Waals surface area contributed by atoms with Gasteiger partial charge in [-0.1, -0.05) is 24.9 Å². The molecule has 1 aromatic heterocycles. The van der Waals surface area contributed by atoms with Crippen LogP contribution in [0.4, 0.5) is 0 Å². The van der Waals surface area contributed by atoms with Crippen molar-refractivity contribution in [3.8, 4) is 0 Å². The average Bonchev–Trinajstić information content (AvgIpc) is 2.64. The Labute approximate surface area is 108 Å². The first kappa shape index (κ1) is 15.1. The molecule has 1 rings (SSSR count). The Morgan fingerprint density at radius 1 is 1.44 bits per heavy atom. The van der Waals surface area contributed by atoms with Crippen LogP contribution in [-0.2, 0) is 10.0 Å². The summed E-state index contributed by atoms with van der Waals surface area (Å²) in [6.07, 6.45) is 2.67. The Bertz CT molecular complexity index is 462. The second-order valence-corrected chi connectivity index (χ2v) is 6.00. The van der Waals surface area contributed by atoms with E-state index in [9.17, 15) is 8.42 Å². The quantitative estimate of drug-likeness (QED) is 0.776. The van der Waals surface area contributed by atoms with Crippen molar-refractivity contribution in [3.05, 3.63) is 11.5 Å². The van der Waals surface area contributed by atoms with Gasteiger partial charge >= 0.3 is 0 Å². The third kappa shape index (κ3) is 3.54. The van der Waals surface area contributed by atoms with E-state index in [0.29, 0.717) is 11.5 Å². The normalized spacial score (nSPS) is 13.8. The van der Waals surface area contributed by atoms with E-state index in [1.54, 1.807) is 13.8 Å². The van der Waals surface area contributed by atoms with Gasteiger partial charge in [-0.3, -0.25) is 0 Å². The zero-order valence-corrected chi connectivity index (χ0v) is 11.9. The van der Waals surface area contributed by atoms with E-state index < -0.39 is 10.0 Å². The van der Waals surface area contributed by atoms with Gasteiger partial charge in [0.15, 0.2) is 5.76 Å². The summed E-state index contributed by atoms with van der Waals surface area (Å²) in [6, 6.07) is -0.247. The fraction of sp³-hybridized carbons (Fsp3) is 0.727. The molecule has 0 amide bonds. The molecule has 3 N–H and O–H groups in total. The lowest BCUT2D eigenvalue weighted by atomic mass is 10.1. The highest BCUT2D eigenvalue weighted by molar-refractivity contribution is 7.89. The second-order valence-electron chi connectivity index (χ2n) is 4.35. The van der Waals surface area contributed by atoms with Gasteiger partial charge in [-0.25, -0.2) is 13.1 Å². The first-order valence-corrected chi connectivity index (χ1v) is 7.56. The molecule has 0 spiro atoms. The number of hydrogen-bond donors (Lipinski definition) is 2. The molecule has 0 aliphatic rings. The molecule has 0 aromatic carbocycles. The number of aryl methyl sites for hydroxylation is 2. The van der Waals surface area contributed by atoms with Gasteiger partial charge in [-0.2, -0.15) is 0 Å². The van der Waals surface area contributed by atoms with Crippen LogP contribution >= 0.6 is 0 Å².